The predicted molar refractivity (Wildman–Crippen MR) is 205 cm³/mol. The van der Waals surface area contributed by atoms with E-state index in [1.165, 1.54) is 16.9 Å². The zero-order valence-corrected chi connectivity index (χ0v) is 31.7. The van der Waals surface area contributed by atoms with Gasteiger partial charge in [-0.15, -0.1) is 0 Å². The third kappa shape index (κ3) is 4.83. The molecule has 1 saturated carbocycles. The number of phenolic OH excluding ortho intramolecular Hbond substituents is 1. The zero-order chi connectivity index (χ0) is 36.6. The summed E-state index contributed by atoms with van der Waals surface area (Å²) in [4.78, 5) is 61.7. The van der Waals surface area contributed by atoms with Gasteiger partial charge in [0.1, 0.15) is 0 Å². The molecule has 52 heavy (non-hydrogen) atoms. The molecule has 0 bridgehead atoms. The number of carbonyl (C=O) groups excluding carboxylic acids is 4. The van der Waals surface area contributed by atoms with Crippen molar-refractivity contribution >= 4 is 84.5 Å². The summed E-state index contributed by atoms with van der Waals surface area (Å²) in [6.07, 6.45) is 4.10. The number of fused-ring (bicyclic) bond motifs is 4. The number of imide groups is 2. The second kappa shape index (κ2) is 12.9. The minimum Gasteiger partial charge on any atom is -0.503 e. The molecule has 4 amide bonds. The number of aromatic hydroxyl groups is 1. The van der Waals surface area contributed by atoms with Crippen molar-refractivity contribution in [2.24, 2.45) is 23.7 Å². The normalized spacial score (nSPS) is 26.5. The van der Waals surface area contributed by atoms with E-state index >= 15 is 4.79 Å². The number of ether oxygens (including phenoxy) is 1. The third-order valence-corrected chi connectivity index (χ3v) is 13.7. The second-order valence-electron chi connectivity index (χ2n) is 13.5. The Kier molecular flexibility index (Phi) is 8.55. The molecule has 2 heterocycles. The lowest BCUT2D eigenvalue weighted by Crippen LogP contribution is -2.53. The summed E-state index contributed by atoms with van der Waals surface area (Å²) in [5.74, 6) is -5.23. The van der Waals surface area contributed by atoms with Crippen LogP contribution in [0.15, 0.2) is 112 Å². The van der Waals surface area contributed by atoms with Crippen molar-refractivity contribution in [2.45, 2.75) is 24.2 Å². The number of nitrogens with zero attached hydrogens (tertiary/aromatic N) is 2. The molecule has 4 aromatic rings. The number of rotatable bonds is 6. The number of amides is 4. The van der Waals surface area contributed by atoms with E-state index in [1.807, 2.05) is 36.4 Å². The first-order valence-corrected chi connectivity index (χ1v) is 18.8. The molecule has 2 saturated heterocycles. The average molecular weight is 843 g/mol. The van der Waals surface area contributed by atoms with Gasteiger partial charge in [-0.3, -0.25) is 24.1 Å². The smallest absolute Gasteiger partial charge is 0.246 e. The van der Waals surface area contributed by atoms with E-state index in [-0.39, 0.29) is 36.2 Å². The summed E-state index contributed by atoms with van der Waals surface area (Å²) in [6.45, 7) is 3.80. The van der Waals surface area contributed by atoms with Crippen LogP contribution in [0.1, 0.15) is 35.4 Å². The minimum atomic E-state index is -1.49. The Balaban J connectivity index is 1.38. The number of hydrogen-bond acceptors (Lipinski definition) is 6. The van der Waals surface area contributed by atoms with Crippen molar-refractivity contribution in [1.29, 1.82) is 0 Å². The van der Waals surface area contributed by atoms with Crippen LogP contribution < -0.4 is 14.5 Å². The van der Waals surface area contributed by atoms with Gasteiger partial charge >= 0.3 is 0 Å². The van der Waals surface area contributed by atoms with Crippen LogP contribution in [-0.2, 0) is 24.6 Å². The molecule has 4 aliphatic rings. The molecule has 11 heteroatoms. The van der Waals surface area contributed by atoms with Crippen molar-refractivity contribution in [3.05, 3.63) is 134 Å². The average Bonchev–Trinajstić information content (AvgIpc) is 3.55. The lowest BCUT2D eigenvalue weighted by molar-refractivity contribution is -0.127. The molecule has 6 atom stereocenters. The predicted octanol–water partition coefficient (Wildman–Crippen LogP) is 8.59. The fraction of sp³-hybridized carbons (Fsp3) is 0.220. The van der Waals surface area contributed by atoms with E-state index in [0.717, 1.165) is 11.1 Å². The van der Waals surface area contributed by atoms with E-state index in [1.54, 1.807) is 60.7 Å². The van der Waals surface area contributed by atoms with Crippen molar-refractivity contribution in [3.8, 4) is 11.5 Å². The van der Waals surface area contributed by atoms with Gasteiger partial charge in [0.15, 0.2) is 11.5 Å². The molecule has 8 nitrogen and oxygen atoms in total. The Hall–Kier alpha value is -4.51. The van der Waals surface area contributed by atoms with Gasteiger partial charge in [-0.2, -0.15) is 0 Å². The van der Waals surface area contributed by atoms with Crippen LogP contribution in [0.5, 0.6) is 11.5 Å². The number of methoxy groups -OCH3 is 1. The Morgan fingerprint density at radius 3 is 2.27 bits per heavy atom. The fourth-order valence-corrected chi connectivity index (χ4v) is 10.2. The highest BCUT2D eigenvalue weighted by Crippen LogP contribution is 2.66. The number of anilines is 2. The molecule has 0 unspecified atom stereocenters. The summed E-state index contributed by atoms with van der Waals surface area (Å²) >= 11 is 13.7. The lowest BCUT2D eigenvalue weighted by Gasteiger charge is -2.51. The van der Waals surface area contributed by atoms with Crippen LogP contribution in [0, 0.1) is 23.7 Å². The Morgan fingerprint density at radius 2 is 1.60 bits per heavy atom. The first-order chi connectivity index (χ1) is 25.0. The lowest BCUT2D eigenvalue weighted by atomic mass is 9.49. The molecule has 0 aromatic heterocycles. The molecule has 262 valence electrons. The van der Waals surface area contributed by atoms with Crippen LogP contribution >= 0.6 is 43.5 Å². The summed E-state index contributed by atoms with van der Waals surface area (Å²) in [6, 6.07) is 24.7. The largest absolute Gasteiger partial charge is 0.503 e. The van der Waals surface area contributed by atoms with Gasteiger partial charge in [0.2, 0.25) is 23.6 Å². The second-order valence-corrected chi connectivity index (χ2v) is 15.6. The highest BCUT2D eigenvalue weighted by atomic mass is 79.9. The topological polar surface area (TPSA) is 104 Å². The zero-order valence-electron chi connectivity index (χ0n) is 27.8. The standard InChI is InChI=1S/C41H31Br2ClN2O6/c1-3-21-12-14-24(15-13-21)45-37(48)27-17-16-26-28(32(27)39(45)50)19-30-38(49)46(25-11-7-10-23(44)18-25)40(51)41(30,22-8-5-4-6-9-22)33(26)29-20-31(52-2)36(47)35(43)34(29)42/h3-16,18,20,27-28,30,32-33,47H,1,17,19H2,2H3/t27-,28+,30-,32-,33+,41+/m0/s1. The maximum atomic E-state index is 15.5. The monoisotopic (exact) mass is 840 g/mol. The number of carbonyl (C=O) groups is 4. The van der Waals surface area contributed by atoms with Crippen LogP contribution in [0.2, 0.25) is 5.02 Å². The molecular weight excluding hydrogens is 812 g/mol. The third-order valence-electron chi connectivity index (χ3n) is 11.3. The van der Waals surface area contributed by atoms with Crippen molar-refractivity contribution in [1.82, 2.24) is 0 Å². The molecule has 4 aromatic carbocycles. The molecule has 2 aliphatic heterocycles. The first kappa shape index (κ1) is 34.6. The summed E-state index contributed by atoms with van der Waals surface area (Å²) in [7, 11) is 1.44. The van der Waals surface area contributed by atoms with E-state index in [2.05, 4.69) is 38.4 Å². The van der Waals surface area contributed by atoms with Gasteiger partial charge < -0.3 is 9.84 Å². The maximum Gasteiger partial charge on any atom is 0.246 e. The van der Waals surface area contributed by atoms with E-state index in [9.17, 15) is 19.5 Å². The SMILES string of the molecule is C=Cc1ccc(N2C(=O)[C@H]3[C@H](CC=C4[C@H]3C[C@H]3C(=O)N(c5cccc(Cl)c5)C(=O)[C@@]3(c3ccccc3)[C@H]4c3cc(OC)c(O)c(Br)c3Br)C2=O)cc1. The quantitative estimate of drug-likeness (QED) is 0.154. The summed E-state index contributed by atoms with van der Waals surface area (Å²) in [5, 5.41) is 11.4. The van der Waals surface area contributed by atoms with Crippen LogP contribution in [-0.4, -0.2) is 35.8 Å². The minimum absolute atomic E-state index is 0.141. The number of hydrogen-bond donors (Lipinski definition) is 1. The first-order valence-electron chi connectivity index (χ1n) is 16.8. The Bertz CT molecular complexity index is 2240. The number of benzene rings is 4. The molecule has 0 spiro atoms. The highest BCUT2D eigenvalue weighted by Gasteiger charge is 2.70. The van der Waals surface area contributed by atoms with Gasteiger partial charge in [-0.25, -0.2) is 4.90 Å². The molecule has 2 aliphatic carbocycles. The Labute approximate surface area is 322 Å². The van der Waals surface area contributed by atoms with Crippen LogP contribution in [0.4, 0.5) is 11.4 Å². The van der Waals surface area contributed by atoms with Crippen LogP contribution in [0.3, 0.4) is 0 Å². The van der Waals surface area contributed by atoms with E-state index in [4.69, 9.17) is 16.3 Å². The van der Waals surface area contributed by atoms with Crippen LogP contribution in [0.25, 0.3) is 6.08 Å². The molecule has 3 fully saturated rings. The van der Waals surface area contributed by atoms with Gasteiger partial charge in [-0.05, 0) is 104 Å². The van der Waals surface area contributed by atoms with Crippen molar-refractivity contribution in [3.63, 3.8) is 0 Å². The molecular formula is C41H31Br2ClN2O6. The van der Waals surface area contributed by atoms with Gasteiger partial charge in [0.25, 0.3) is 0 Å². The number of phenols is 1. The van der Waals surface area contributed by atoms with Crippen molar-refractivity contribution in [2.75, 3.05) is 16.9 Å². The Morgan fingerprint density at radius 1 is 0.865 bits per heavy atom. The summed E-state index contributed by atoms with van der Waals surface area (Å²) < 4.78 is 6.39. The molecule has 0 radical (unpaired) electrons. The molecule has 8 rings (SSSR count). The maximum absolute atomic E-state index is 15.5. The van der Waals surface area contributed by atoms with Gasteiger partial charge in [0, 0.05) is 15.4 Å². The van der Waals surface area contributed by atoms with E-state index in [0.29, 0.717) is 36.5 Å². The fourth-order valence-electron chi connectivity index (χ4n) is 9.08. The molecule has 1 N–H and O–H groups in total. The van der Waals surface area contributed by atoms with E-state index < -0.39 is 46.8 Å². The number of halogens is 3. The summed E-state index contributed by atoms with van der Waals surface area (Å²) in [5.41, 5.74) is 2.15. The number of allylic oxidation sites excluding steroid dienone is 2. The highest BCUT2D eigenvalue weighted by molar-refractivity contribution is 9.13. The van der Waals surface area contributed by atoms with Gasteiger partial charge in [-0.1, -0.05) is 84.4 Å². The van der Waals surface area contributed by atoms with Gasteiger partial charge in [0.05, 0.1) is 46.1 Å². The van der Waals surface area contributed by atoms with Crippen molar-refractivity contribution < 1.29 is 29.0 Å².